The molecule has 0 saturated heterocycles. The van der Waals surface area contributed by atoms with E-state index >= 15 is 0 Å². The number of alkyl halides is 3. The Morgan fingerprint density at radius 2 is 1.63 bits per heavy atom. The maximum absolute atomic E-state index is 13.7. The van der Waals surface area contributed by atoms with E-state index in [1.54, 1.807) is 6.07 Å². The Bertz CT molecular complexity index is 1350. The van der Waals surface area contributed by atoms with Gasteiger partial charge < -0.3 is 15.4 Å². The average molecular weight is 522 g/mol. The SMILES string of the molecule is Cc1cc(Nc2cc(OCCCNC(C)(C)CCc3ccccc3)cc(C(F)(F)F)c2)c2ccccc2n1. The number of nitrogens with zero attached hydrogens (tertiary/aromatic N) is 1. The Kier molecular flexibility index (Phi) is 8.57. The number of halogens is 3. The fraction of sp³-hybridized carbons (Fsp3) is 0.323. The highest BCUT2D eigenvalue weighted by Crippen LogP contribution is 2.36. The fourth-order valence-electron chi connectivity index (χ4n) is 4.36. The Morgan fingerprint density at radius 1 is 0.895 bits per heavy atom. The van der Waals surface area contributed by atoms with E-state index in [-0.39, 0.29) is 11.3 Å². The molecule has 4 nitrogen and oxygen atoms in total. The number of hydrogen-bond donors (Lipinski definition) is 2. The zero-order valence-electron chi connectivity index (χ0n) is 22.0. The van der Waals surface area contributed by atoms with Crippen LogP contribution in [-0.2, 0) is 12.6 Å². The summed E-state index contributed by atoms with van der Waals surface area (Å²) >= 11 is 0. The smallest absolute Gasteiger partial charge is 0.416 e. The van der Waals surface area contributed by atoms with Crippen molar-refractivity contribution in [3.63, 3.8) is 0 Å². The van der Waals surface area contributed by atoms with Crippen molar-refractivity contribution in [1.82, 2.24) is 10.3 Å². The third-order valence-corrected chi connectivity index (χ3v) is 6.43. The van der Waals surface area contributed by atoms with Gasteiger partial charge in [0.05, 0.1) is 17.7 Å². The van der Waals surface area contributed by atoms with Crippen molar-refractivity contribution in [2.45, 2.75) is 51.7 Å². The number of hydrogen-bond acceptors (Lipinski definition) is 4. The maximum atomic E-state index is 13.7. The Hall–Kier alpha value is -3.58. The average Bonchev–Trinajstić information content (AvgIpc) is 2.87. The van der Waals surface area contributed by atoms with Crippen LogP contribution in [0.25, 0.3) is 10.9 Å². The lowest BCUT2D eigenvalue weighted by Gasteiger charge is -2.26. The van der Waals surface area contributed by atoms with Crippen LogP contribution in [0.15, 0.2) is 78.9 Å². The van der Waals surface area contributed by atoms with Crippen LogP contribution >= 0.6 is 0 Å². The van der Waals surface area contributed by atoms with Gasteiger partial charge in [-0.15, -0.1) is 0 Å². The normalized spacial score (nSPS) is 12.1. The van der Waals surface area contributed by atoms with Crippen LogP contribution in [-0.4, -0.2) is 23.7 Å². The van der Waals surface area contributed by atoms with Crippen molar-refractivity contribution >= 4 is 22.3 Å². The van der Waals surface area contributed by atoms with Crippen LogP contribution in [0, 0.1) is 6.92 Å². The molecule has 1 heterocycles. The number of pyridine rings is 1. The first-order chi connectivity index (χ1) is 18.1. The van der Waals surface area contributed by atoms with Crippen molar-refractivity contribution in [2.75, 3.05) is 18.5 Å². The fourth-order valence-corrected chi connectivity index (χ4v) is 4.36. The lowest BCUT2D eigenvalue weighted by atomic mass is 9.95. The molecule has 0 unspecified atom stereocenters. The molecule has 0 aliphatic heterocycles. The molecule has 0 fully saturated rings. The van der Waals surface area contributed by atoms with Gasteiger partial charge in [0.15, 0.2) is 0 Å². The second kappa shape index (κ2) is 11.9. The largest absolute Gasteiger partial charge is 0.493 e. The van der Waals surface area contributed by atoms with E-state index in [1.807, 2.05) is 55.5 Å². The molecule has 0 amide bonds. The second-order valence-corrected chi connectivity index (χ2v) is 10.2. The lowest BCUT2D eigenvalue weighted by Crippen LogP contribution is -2.40. The van der Waals surface area contributed by atoms with Crippen molar-refractivity contribution in [2.24, 2.45) is 0 Å². The van der Waals surface area contributed by atoms with E-state index in [2.05, 4.69) is 41.6 Å². The predicted molar refractivity (Wildman–Crippen MR) is 148 cm³/mol. The van der Waals surface area contributed by atoms with E-state index in [0.29, 0.717) is 30.9 Å². The highest BCUT2D eigenvalue weighted by molar-refractivity contribution is 5.93. The molecule has 3 aromatic carbocycles. The van der Waals surface area contributed by atoms with E-state index in [1.165, 1.54) is 5.56 Å². The number of nitrogens with one attached hydrogen (secondary N) is 2. The van der Waals surface area contributed by atoms with Crippen LogP contribution < -0.4 is 15.4 Å². The Labute approximate surface area is 222 Å². The molecule has 0 bridgehead atoms. The topological polar surface area (TPSA) is 46.2 Å². The zero-order chi connectivity index (χ0) is 27.2. The van der Waals surface area contributed by atoms with Gasteiger partial charge in [0.25, 0.3) is 0 Å². The Morgan fingerprint density at radius 3 is 2.39 bits per heavy atom. The predicted octanol–water partition coefficient (Wildman–Crippen LogP) is 8.08. The summed E-state index contributed by atoms with van der Waals surface area (Å²) in [7, 11) is 0. The van der Waals surface area contributed by atoms with Gasteiger partial charge in [-0.1, -0.05) is 48.5 Å². The molecule has 2 N–H and O–H groups in total. The first-order valence-corrected chi connectivity index (χ1v) is 12.9. The summed E-state index contributed by atoms with van der Waals surface area (Å²) in [5.74, 6) is 0.181. The molecule has 0 aliphatic carbocycles. The summed E-state index contributed by atoms with van der Waals surface area (Å²) in [4.78, 5) is 4.50. The van der Waals surface area contributed by atoms with Gasteiger partial charge in [-0.25, -0.2) is 0 Å². The quantitative estimate of drug-likeness (QED) is 0.196. The summed E-state index contributed by atoms with van der Waals surface area (Å²) in [6, 6.07) is 23.5. The molecular formula is C31H34F3N3O. The summed E-state index contributed by atoms with van der Waals surface area (Å²) in [5, 5.41) is 7.53. The molecule has 1 aromatic heterocycles. The Balaban J connectivity index is 1.38. The van der Waals surface area contributed by atoms with Crippen LogP contribution in [0.4, 0.5) is 24.5 Å². The van der Waals surface area contributed by atoms with Gasteiger partial charge in [-0.3, -0.25) is 4.98 Å². The number of anilines is 2. The van der Waals surface area contributed by atoms with Gasteiger partial charge >= 0.3 is 6.18 Å². The second-order valence-electron chi connectivity index (χ2n) is 10.2. The van der Waals surface area contributed by atoms with E-state index in [0.717, 1.165) is 41.6 Å². The minimum atomic E-state index is -4.49. The zero-order valence-corrected chi connectivity index (χ0v) is 22.0. The van der Waals surface area contributed by atoms with Gasteiger partial charge in [0.2, 0.25) is 0 Å². The molecule has 38 heavy (non-hydrogen) atoms. The van der Waals surface area contributed by atoms with Crippen LogP contribution in [0.2, 0.25) is 0 Å². The van der Waals surface area contributed by atoms with Crippen LogP contribution in [0.1, 0.15) is 43.5 Å². The van der Waals surface area contributed by atoms with Crippen molar-refractivity contribution < 1.29 is 17.9 Å². The number of aromatic nitrogens is 1. The molecule has 200 valence electrons. The van der Waals surface area contributed by atoms with Gasteiger partial charge in [-0.05, 0) is 76.4 Å². The minimum absolute atomic E-state index is 0.0609. The summed E-state index contributed by atoms with van der Waals surface area (Å²) in [6.07, 6.45) is -1.87. The molecule has 0 atom stereocenters. The number of rotatable bonds is 11. The van der Waals surface area contributed by atoms with E-state index in [4.69, 9.17) is 4.74 Å². The summed E-state index contributed by atoms with van der Waals surface area (Å²) < 4.78 is 46.8. The molecule has 4 rings (SSSR count). The molecule has 0 radical (unpaired) electrons. The van der Waals surface area contributed by atoms with Gasteiger partial charge in [0, 0.05) is 34.1 Å². The van der Waals surface area contributed by atoms with Gasteiger partial charge in [-0.2, -0.15) is 13.2 Å². The number of benzene rings is 3. The monoisotopic (exact) mass is 521 g/mol. The van der Waals surface area contributed by atoms with E-state index < -0.39 is 11.7 Å². The van der Waals surface area contributed by atoms with Crippen molar-refractivity contribution in [3.8, 4) is 5.75 Å². The minimum Gasteiger partial charge on any atom is -0.493 e. The van der Waals surface area contributed by atoms with E-state index in [9.17, 15) is 13.2 Å². The lowest BCUT2D eigenvalue weighted by molar-refractivity contribution is -0.137. The number of fused-ring (bicyclic) bond motifs is 1. The highest BCUT2D eigenvalue weighted by atomic mass is 19.4. The standard InChI is InChI=1S/C31H34F3N3O/c1-22-18-29(27-12-7-8-13-28(27)36-22)37-25-19-24(31(32,33)34)20-26(21-25)38-17-9-16-35-30(2,3)15-14-23-10-5-4-6-11-23/h4-8,10-13,18-21,35H,9,14-17H2,1-3H3,(H,36,37). The third-order valence-electron chi connectivity index (χ3n) is 6.43. The number of ether oxygens (including phenoxy) is 1. The molecular weight excluding hydrogens is 487 g/mol. The highest BCUT2D eigenvalue weighted by Gasteiger charge is 2.31. The van der Waals surface area contributed by atoms with Crippen LogP contribution in [0.5, 0.6) is 5.75 Å². The molecule has 4 aromatic rings. The molecule has 0 spiro atoms. The first-order valence-electron chi connectivity index (χ1n) is 12.9. The summed E-state index contributed by atoms with van der Waals surface area (Å²) in [5.41, 5.74) is 3.04. The first kappa shape index (κ1) is 27.5. The van der Waals surface area contributed by atoms with Crippen molar-refractivity contribution in [3.05, 3.63) is 95.7 Å². The number of aryl methyl sites for hydroxylation is 2. The molecule has 7 heteroatoms. The van der Waals surface area contributed by atoms with Crippen LogP contribution in [0.3, 0.4) is 0 Å². The maximum Gasteiger partial charge on any atom is 0.416 e. The summed E-state index contributed by atoms with van der Waals surface area (Å²) in [6.45, 7) is 7.18. The molecule has 0 saturated carbocycles. The van der Waals surface area contributed by atoms with Crippen molar-refractivity contribution in [1.29, 1.82) is 0 Å². The molecule has 0 aliphatic rings. The number of para-hydroxylation sites is 1. The third kappa shape index (κ3) is 7.71. The van der Waals surface area contributed by atoms with Gasteiger partial charge in [0.1, 0.15) is 5.75 Å².